The molecule has 0 amide bonds. The number of aliphatic hydroxyl groups is 2. The summed E-state index contributed by atoms with van der Waals surface area (Å²) in [6.45, 7) is 4.88. The number of aliphatic hydroxyl groups excluding tert-OH is 1. The van der Waals surface area contributed by atoms with Crippen molar-refractivity contribution in [3.8, 4) is 11.5 Å². The Hall–Kier alpha value is -2.87. The minimum atomic E-state index is -2.01. The van der Waals surface area contributed by atoms with Crippen molar-refractivity contribution in [3.63, 3.8) is 0 Å². The number of phenolic OH excluding ortho intramolecular Hbond substituents is 2. The van der Waals surface area contributed by atoms with Gasteiger partial charge in [0.1, 0.15) is 23.2 Å². The van der Waals surface area contributed by atoms with Crippen molar-refractivity contribution in [1.82, 2.24) is 0 Å². The predicted octanol–water partition coefficient (Wildman–Crippen LogP) is 1.20. The van der Waals surface area contributed by atoms with Crippen LogP contribution in [-0.2, 0) is 34.1 Å². The number of hydrogen-bond donors (Lipinski definition) is 4. The fraction of sp³-hybridized carbons (Fsp3) is 0.607. The van der Waals surface area contributed by atoms with Gasteiger partial charge in [0.15, 0.2) is 24.0 Å². The Bertz CT molecular complexity index is 1400. The molecule has 5 aliphatic heterocycles. The maximum atomic E-state index is 13.9. The normalized spacial score (nSPS) is 41.8. The third-order valence-corrected chi connectivity index (χ3v) is 9.30. The van der Waals surface area contributed by atoms with Crippen LogP contribution in [0.1, 0.15) is 84.4 Å². The zero-order chi connectivity index (χ0) is 28.4. The molecular weight excluding hydrogens is 528 g/mol. The average molecular weight is 559 g/mol. The smallest absolute Gasteiger partial charge is 0.309 e. The van der Waals surface area contributed by atoms with Crippen LogP contribution >= 0.6 is 0 Å². The quantitative estimate of drug-likeness (QED) is 0.302. The molecule has 1 aromatic rings. The molecule has 10 atom stereocenters. The summed E-state index contributed by atoms with van der Waals surface area (Å²) in [4.78, 5) is 39.8. The van der Waals surface area contributed by atoms with Crippen molar-refractivity contribution in [3.05, 3.63) is 33.4 Å². The molecule has 0 saturated carbocycles. The fourth-order valence-corrected chi connectivity index (χ4v) is 7.31. The summed E-state index contributed by atoms with van der Waals surface area (Å²) in [7, 11) is 0. The molecule has 1 aromatic carbocycles. The lowest BCUT2D eigenvalue weighted by molar-refractivity contribution is -0.311. The van der Waals surface area contributed by atoms with Crippen molar-refractivity contribution in [2.45, 2.75) is 107 Å². The lowest BCUT2D eigenvalue weighted by Gasteiger charge is -2.54. The third kappa shape index (κ3) is 3.25. The summed E-state index contributed by atoms with van der Waals surface area (Å²) in [6.07, 6.45) is -6.55. The number of carbonyl (C=O) groups excluding carboxylic acids is 3. The Balaban J connectivity index is 1.35. The number of fused-ring (bicyclic) bond motifs is 5. The monoisotopic (exact) mass is 558 g/mol. The highest BCUT2D eigenvalue weighted by Gasteiger charge is 2.62. The summed E-state index contributed by atoms with van der Waals surface area (Å²) in [5.41, 5.74) is -3.13. The van der Waals surface area contributed by atoms with E-state index in [0.717, 1.165) is 0 Å². The minimum absolute atomic E-state index is 0.00956. The number of hydrogen-bond acceptors (Lipinski definition) is 12. The van der Waals surface area contributed by atoms with Crippen molar-refractivity contribution in [1.29, 1.82) is 0 Å². The highest BCUT2D eigenvalue weighted by Crippen LogP contribution is 2.60. The summed E-state index contributed by atoms with van der Waals surface area (Å²) < 4.78 is 29.1. The van der Waals surface area contributed by atoms with E-state index in [2.05, 4.69) is 0 Å². The maximum absolute atomic E-state index is 13.9. The number of Topliss-reactive ketones (excluding diaryl/α,β-unsaturated/α-hetero) is 2. The van der Waals surface area contributed by atoms with Crippen LogP contribution in [-0.4, -0.2) is 87.0 Å². The molecular formula is C28H30O12. The van der Waals surface area contributed by atoms with Gasteiger partial charge in [-0.2, -0.15) is 0 Å². The summed E-state index contributed by atoms with van der Waals surface area (Å²) in [5.74, 6) is -3.30. The number of ether oxygens (including phenoxy) is 5. The molecule has 2 aliphatic carbocycles. The largest absolute Gasteiger partial charge is 0.507 e. The molecule has 7 aliphatic rings. The Labute approximate surface area is 228 Å². The van der Waals surface area contributed by atoms with E-state index in [1.165, 1.54) is 0 Å². The minimum Gasteiger partial charge on any atom is -0.507 e. The lowest BCUT2D eigenvalue weighted by atomic mass is 9.66. The van der Waals surface area contributed by atoms with E-state index in [4.69, 9.17) is 23.7 Å². The van der Waals surface area contributed by atoms with Gasteiger partial charge >= 0.3 is 5.97 Å². The molecule has 3 fully saturated rings. The van der Waals surface area contributed by atoms with Crippen molar-refractivity contribution >= 4 is 17.5 Å². The topological polar surface area (TPSA) is 178 Å². The number of ketones is 2. The zero-order valence-electron chi connectivity index (χ0n) is 22.1. The van der Waals surface area contributed by atoms with Crippen LogP contribution in [0.4, 0.5) is 0 Å². The highest BCUT2D eigenvalue weighted by molar-refractivity contribution is 6.30. The first-order chi connectivity index (χ1) is 18.9. The van der Waals surface area contributed by atoms with Crippen molar-refractivity contribution < 1.29 is 58.5 Å². The first kappa shape index (κ1) is 26.1. The van der Waals surface area contributed by atoms with E-state index in [-0.39, 0.29) is 35.1 Å². The molecule has 40 heavy (non-hydrogen) atoms. The number of benzene rings is 1. The lowest BCUT2D eigenvalue weighted by Crippen LogP contribution is -2.60. The van der Waals surface area contributed by atoms with E-state index in [9.17, 15) is 34.8 Å². The van der Waals surface area contributed by atoms with Gasteiger partial charge in [0.25, 0.3) is 0 Å². The van der Waals surface area contributed by atoms with Gasteiger partial charge in [0.05, 0.1) is 59.7 Å². The van der Waals surface area contributed by atoms with Gasteiger partial charge in [-0.1, -0.05) is 0 Å². The maximum Gasteiger partial charge on any atom is 0.309 e. The second-order valence-corrected chi connectivity index (χ2v) is 11.5. The predicted molar refractivity (Wildman–Crippen MR) is 131 cm³/mol. The molecule has 12 nitrogen and oxygen atoms in total. The molecule has 2 bridgehead atoms. The average Bonchev–Trinajstić information content (AvgIpc) is 3.26. The van der Waals surface area contributed by atoms with E-state index in [0.29, 0.717) is 12.8 Å². The second kappa shape index (κ2) is 8.57. The Morgan fingerprint density at radius 1 is 0.925 bits per heavy atom. The van der Waals surface area contributed by atoms with Crippen LogP contribution in [0.25, 0.3) is 0 Å². The first-order valence-corrected chi connectivity index (χ1v) is 13.6. The first-order valence-electron chi connectivity index (χ1n) is 13.6. The van der Waals surface area contributed by atoms with Gasteiger partial charge in [-0.15, -0.1) is 0 Å². The summed E-state index contributed by atoms with van der Waals surface area (Å²) >= 11 is 0. The van der Waals surface area contributed by atoms with E-state index in [1.54, 1.807) is 20.8 Å². The third-order valence-electron chi connectivity index (χ3n) is 9.30. The van der Waals surface area contributed by atoms with E-state index >= 15 is 0 Å². The number of carbonyl (C=O) groups is 3. The van der Waals surface area contributed by atoms with E-state index in [1.807, 2.05) is 0 Å². The van der Waals surface area contributed by atoms with Crippen LogP contribution in [0.15, 0.2) is 11.1 Å². The molecule has 4 unspecified atom stereocenters. The molecule has 0 spiro atoms. The molecule has 4 N–H and O–H groups in total. The number of aromatic hydroxyl groups is 2. The zero-order valence-corrected chi connectivity index (χ0v) is 22.1. The SMILES string of the molecule is CC1OC2CC(O[C@H]3CC[C@H](O)[C@H](C)O3)C1(O)c1c(O)c3c(c(O)c12)C(=O)C1=C(C3=O)[C@@H](C)O[C@@H]2CC(=O)O[C@H]12. The van der Waals surface area contributed by atoms with Crippen molar-refractivity contribution in [2.24, 2.45) is 0 Å². The van der Waals surface area contributed by atoms with Crippen molar-refractivity contribution in [2.75, 3.05) is 0 Å². The standard InChI is InChI=1S/C28H30O12/c1-8-11(29)4-5-16(37-8)39-14-6-12-18-22(28(14,35)10(3)38-12)26(34)20-19(24(18)32)25(33)21-17(23(20)31)9(2)36-13-7-15(30)40-27(13)21/h8-14,16,27,29,32,34-35H,4-7H2,1-3H3/t8-,9+,10?,11-,12?,13+,14?,16-,27-,28?/m0/s1. The van der Waals surface area contributed by atoms with Gasteiger partial charge in [-0.05, 0) is 27.2 Å². The van der Waals surface area contributed by atoms with Crippen LogP contribution in [0.5, 0.6) is 11.5 Å². The van der Waals surface area contributed by atoms with E-state index < -0.39 is 101 Å². The van der Waals surface area contributed by atoms with Gasteiger partial charge in [-0.3, -0.25) is 14.4 Å². The Morgan fingerprint density at radius 2 is 1.62 bits per heavy atom. The second-order valence-electron chi connectivity index (χ2n) is 11.5. The molecule has 5 heterocycles. The van der Waals surface area contributed by atoms with Gasteiger partial charge < -0.3 is 44.1 Å². The highest BCUT2D eigenvalue weighted by atomic mass is 16.7. The van der Waals surface area contributed by atoms with Crippen LogP contribution in [0.3, 0.4) is 0 Å². The molecule has 214 valence electrons. The van der Waals surface area contributed by atoms with Crippen LogP contribution in [0, 0.1) is 0 Å². The van der Waals surface area contributed by atoms with Crippen LogP contribution < -0.4 is 0 Å². The molecule has 0 aromatic heterocycles. The summed E-state index contributed by atoms with van der Waals surface area (Å²) in [5, 5.41) is 45.3. The molecule has 0 radical (unpaired) electrons. The van der Waals surface area contributed by atoms with Crippen LogP contribution in [0.2, 0.25) is 0 Å². The summed E-state index contributed by atoms with van der Waals surface area (Å²) in [6, 6.07) is 0. The molecule has 8 rings (SSSR count). The van der Waals surface area contributed by atoms with Gasteiger partial charge in [-0.25, -0.2) is 0 Å². The van der Waals surface area contributed by atoms with Gasteiger partial charge in [0.2, 0.25) is 0 Å². The number of esters is 1. The molecule has 3 saturated heterocycles. The van der Waals surface area contributed by atoms with Gasteiger partial charge in [0, 0.05) is 29.5 Å². The number of phenols is 2. The number of rotatable bonds is 2. The Morgan fingerprint density at radius 3 is 2.35 bits per heavy atom. The fourth-order valence-electron chi connectivity index (χ4n) is 7.31. The molecule has 12 heteroatoms. The Kier molecular flexibility index (Phi) is 5.58.